The number of rotatable bonds is 14. The van der Waals surface area contributed by atoms with Crippen LogP contribution in [-0.4, -0.2) is 66.3 Å². The minimum atomic E-state index is -1.70. The number of hydrogen-bond acceptors (Lipinski definition) is 6. The highest BCUT2D eigenvalue weighted by molar-refractivity contribution is 6.43. The topological polar surface area (TPSA) is 166 Å². The number of Topliss-reactive ketones (excluding diaryl/α,β-unsaturated/α-hetero) is 1. The lowest BCUT2D eigenvalue weighted by Gasteiger charge is -2.24. The molecule has 2 amide bonds. The largest absolute Gasteiger partial charge is 0.475 e. The first kappa shape index (κ1) is 26.9. The summed E-state index contributed by atoms with van der Waals surface area (Å²) in [5.74, 6) is -1.23. The van der Waals surface area contributed by atoms with Gasteiger partial charge in [-0.2, -0.15) is 0 Å². The van der Waals surface area contributed by atoms with E-state index in [0.717, 1.165) is 0 Å². The molecule has 0 aromatic heterocycles. The maximum Gasteiger partial charge on any atom is 0.475 e. The molecule has 0 aliphatic rings. The minimum Gasteiger partial charge on any atom is -0.426 e. The van der Waals surface area contributed by atoms with Crippen molar-refractivity contribution >= 4 is 30.7 Å². The first-order valence-electron chi connectivity index (χ1n) is 9.98. The fraction of sp³-hybridized carbons (Fsp3) is 0.778. The Kier molecular flexibility index (Phi) is 13.7. The van der Waals surface area contributed by atoms with E-state index in [1.807, 2.05) is 13.8 Å². The number of ketones is 1. The monoisotopic (exact) mass is 413 g/mol. The van der Waals surface area contributed by atoms with Gasteiger partial charge in [0.25, 0.3) is 0 Å². The molecule has 29 heavy (non-hydrogen) atoms. The Morgan fingerprint density at radius 2 is 1.76 bits per heavy atom. The second kappa shape index (κ2) is 14.8. The van der Waals surface area contributed by atoms with E-state index in [1.165, 1.54) is 6.92 Å². The number of nitrogens with two attached hydrogens (primary N) is 1. The van der Waals surface area contributed by atoms with Crippen LogP contribution in [0.2, 0.25) is 0 Å². The van der Waals surface area contributed by atoms with Crippen LogP contribution in [0.5, 0.6) is 0 Å². The molecular formula is C18H36BN5O5. The average molecular weight is 413 g/mol. The molecule has 0 saturated heterocycles. The van der Waals surface area contributed by atoms with E-state index in [1.54, 1.807) is 7.05 Å². The average Bonchev–Trinajstić information content (AvgIpc) is 2.62. The van der Waals surface area contributed by atoms with Gasteiger partial charge in [-0.1, -0.05) is 13.8 Å². The molecule has 0 aliphatic carbocycles. The van der Waals surface area contributed by atoms with Gasteiger partial charge in [0.05, 0.1) is 5.94 Å². The molecule has 11 heteroatoms. The maximum atomic E-state index is 12.7. The predicted molar refractivity (Wildman–Crippen MR) is 113 cm³/mol. The number of aliphatic imine (C=N–C) groups is 1. The Labute approximate surface area is 173 Å². The quantitative estimate of drug-likeness (QED) is 0.0928. The molecule has 0 rings (SSSR count). The lowest BCUT2D eigenvalue weighted by molar-refractivity contribution is -0.129. The summed E-state index contributed by atoms with van der Waals surface area (Å²) in [5, 5.41) is 27.2. The molecule has 2 atom stereocenters. The summed E-state index contributed by atoms with van der Waals surface area (Å²) in [4.78, 5) is 39.6. The van der Waals surface area contributed by atoms with Gasteiger partial charge in [0.2, 0.25) is 11.8 Å². The number of nitrogens with zero attached hydrogens (tertiary/aromatic N) is 1. The Hall–Kier alpha value is -2.14. The predicted octanol–water partition coefficient (Wildman–Crippen LogP) is -0.912. The van der Waals surface area contributed by atoms with Crippen LogP contribution in [0.25, 0.3) is 0 Å². The van der Waals surface area contributed by atoms with Crippen molar-refractivity contribution in [2.75, 3.05) is 13.6 Å². The smallest absolute Gasteiger partial charge is 0.426 e. The van der Waals surface area contributed by atoms with E-state index >= 15 is 0 Å². The molecule has 0 heterocycles. The van der Waals surface area contributed by atoms with Crippen LogP contribution < -0.4 is 21.7 Å². The molecule has 0 aromatic carbocycles. The van der Waals surface area contributed by atoms with E-state index in [4.69, 9.17) is 5.73 Å². The first-order valence-corrected chi connectivity index (χ1v) is 9.98. The Bertz CT molecular complexity index is 557. The number of amides is 2. The van der Waals surface area contributed by atoms with Crippen LogP contribution >= 0.6 is 0 Å². The summed E-state index contributed by atoms with van der Waals surface area (Å²) >= 11 is 0. The Balaban J connectivity index is 4.91. The summed E-state index contributed by atoms with van der Waals surface area (Å²) in [7, 11) is -0.148. The van der Waals surface area contributed by atoms with E-state index in [2.05, 4.69) is 20.9 Å². The fourth-order valence-electron chi connectivity index (χ4n) is 2.68. The van der Waals surface area contributed by atoms with Crippen LogP contribution in [0, 0.1) is 5.92 Å². The maximum absolute atomic E-state index is 12.7. The number of nitrogens with one attached hydrogen (secondary N) is 3. The summed E-state index contributed by atoms with van der Waals surface area (Å²) in [5.41, 5.74) is 5.56. The molecule has 0 saturated carbocycles. The van der Waals surface area contributed by atoms with Gasteiger partial charge in [-0.3, -0.25) is 14.6 Å². The van der Waals surface area contributed by atoms with Crippen molar-refractivity contribution in [2.24, 2.45) is 16.6 Å². The number of carbonyl (C=O) groups excluding carboxylic acids is 3. The molecule has 0 aliphatic heterocycles. The molecule has 0 bridgehead atoms. The number of carbonyl (C=O) groups is 3. The number of hydrogen-bond donors (Lipinski definition) is 6. The van der Waals surface area contributed by atoms with Crippen molar-refractivity contribution in [1.82, 2.24) is 16.0 Å². The van der Waals surface area contributed by atoms with Gasteiger partial charge in [0.15, 0.2) is 5.96 Å². The summed E-state index contributed by atoms with van der Waals surface area (Å²) in [6.45, 7) is 5.73. The molecule has 0 unspecified atom stereocenters. The molecular weight excluding hydrogens is 377 g/mol. The van der Waals surface area contributed by atoms with Gasteiger partial charge in [0.1, 0.15) is 11.8 Å². The third kappa shape index (κ3) is 13.6. The van der Waals surface area contributed by atoms with Gasteiger partial charge in [0, 0.05) is 26.4 Å². The van der Waals surface area contributed by atoms with Crippen LogP contribution in [0.3, 0.4) is 0 Å². The van der Waals surface area contributed by atoms with Crippen molar-refractivity contribution in [2.45, 2.75) is 71.3 Å². The van der Waals surface area contributed by atoms with E-state index in [0.29, 0.717) is 38.6 Å². The van der Waals surface area contributed by atoms with Crippen LogP contribution in [0.1, 0.15) is 59.3 Å². The van der Waals surface area contributed by atoms with Gasteiger partial charge >= 0.3 is 7.12 Å². The molecule has 10 nitrogen and oxygen atoms in total. The Morgan fingerprint density at radius 3 is 2.28 bits per heavy atom. The Morgan fingerprint density at radius 1 is 1.10 bits per heavy atom. The number of guanidine groups is 1. The van der Waals surface area contributed by atoms with Crippen molar-refractivity contribution in [3.05, 3.63) is 0 Å². The second-order valence-electron chi connectivity index (χ2n) is 7.51. The van der Waals surface area contributed by atoms with Crippen LogP contribution in [0.4, 0.5) is 0 Å². The molecule has 0 aromatic rings. The summed E-state index contributed by atoms with van der Waals surface area (Å²) < 4.78 is 0. The van der Waals surface area contributed by atoms with E-state index in [-0.39, 0.29) is 30.0 Å². The van der Waals surface area contributed by atoms with Crippen LogP contribution in [-0.2, 0) is 14.4 Å². The molecule has 0 fully saturated rings. The highest BCUT2D eigenvalue weighted by Crippen LogP contribution is 2.08. The highest BCUT2D eigenvalue weighted by atomic mass is 16.4. The zero-order valence-electron chi connectivity index (χ0n) is 17.9. The SMILES string of the molecule is CN=C(N)NCCC[C@H](NC(=O)CCCC(C)=O)C(=O)N[C@@H](CC(C)C)B(O)O. The van der Waals surface area contributed by atoms with Gasteiger partial charge < -0.3 is 36.5 Å². The highest BCUT2D eigenvalue weighted by Gasteiger charge is 2.29. The molecule has 0 radical (unpaired) electrons. The van der Waals surface area contributed by atoms with Crippen molar-refractivity contribution in [3.8, 4) is 0 Å². The molecule has 166 valence electrons. The van der Waals surface area contributed by atoms with Crippen molar-refractivity contribution < 1.29 is 24.4 Å². The van der Waals surface area contributed by atoms with Crippen molar-refractivity contribution in [3.63, 3.8) is 0 Å². The van der Waals surface area contributed by atoms with E-state index < -0.39 is 25.0 Å². The zero-order chi connectivity index (χ0) is 22.4. The standard InChI is InChI=1S/C18H36BN5O5/c1-12(2)11-15(19(28)29)24-17(27)14(8-6-10-22-18(20)21-4)23-16(26)9-5-7-13(3)25/h12,14-15,28-29H,5-11H2,1-4H3,(H,23,26)(H,24,27)(H3,20,21,22)/t14-,15-/m0/s1. The van der Waals surface area contributed by atoms with Crippen molar-refractivity contribution in [1.29, 1.82) is 0 Å². The van der Waals surface area contributed by atoms with Gasteiger partial charge in [-0.25, -0.2) is 0 Å². The first-order chi connectivity index (χ1) is 13.6. The minimum absolute atomic E-state index is 0.00167. The lowest BCUT2D eigenvalue weighted by atomic mass is 9.75. The summed E-state index contributed by atoms with van der Waals surface area (Å²) in [6.07, 6.45) is 2.08. The summed E-state index contributed by atoms with van der Waals surface area (Å²) in [6, 6.07) is -0.838. The normalized spacial score (nSPS) is 13.6. The lowest BCUT2D eigenvalue weighted by Crippen LogP contribution is -2.54. The zero-order valence-corrected chi connectivity index (χ0v) is 17.9. The van der Waals surface area contributed by atoms with Crippen LogP contribution in [0.15, 0.2) is 4.99 Å². The van der Waals surface area contributed by atoms with Gasteiger partial charge in [-0.15, -0.1) is 0 Å². The third-order valence-electron chi connectivity index (χ3n) is 4.21. The molecule has 7 N–H and O–H groups in total. The van der Waals surface area contributed by atoms with E-state index in [9.17, 15) is 24.4 Å². The third-order valence-corrected chi connectivity index (χ3v) is 4.21. The van der Waals surface area contributed by atoms with Gasteiger partial charge in [-0.05, 0) is 38.5 Å². The fourth-order valence-corrected chi connectivity index (χ4v) is 2.68. The second-order valence-corrected chi connectivity index (χ2v) is 7.51. The molecule has 0 spiro atoms.